The number of nitrogens with zero attached hydrogens (tertiary/aromatic N) is 2. The van der Waals surface area contributed by atoms with Crippen molar-refractivity contribution in [2.24, 2.45) is 0 Å². The number of carbonyl (C=O) groups is 3. The van der Waals surface area contributed by atoms with E-state index in [0.29, 0.717) is 18.7 Å². The van der Waals surface area contributed by atoms with E-state index in [0.717, 1.165) is 9.37 Å². The molecular formula is C16H20BrN3O3. The number of imide groups is 1. The molecule has 4 amide bonds. The third-order valence-electron chi connectivity index (χ3n) is 4.10. The van der Waals surface area contributed by atoms with E-state index in [4.69, 9.17) is 0 Å². The SMILES string of the molecule is CCN(CC)C(=O)CN1C(=O)NC(C)(c2ccccc2Br)C1=O. The Balaban J connectivity index is 2.27. The molecule has 0 bridgehead atoms. The summed E-state index contributed by atoms with van der Waals surface area (Å²) in [6.07, 6.45) is 0. The molecule has 0 saturated carbocycles. The van der Waals surface area contributed by atoms with Gasteiger partial charge in [0.05, 0.1) is 0 Å². The molecule has 1 heterocycles. The number of hydrogen-bond donors (Lipinski definition) is 1. The summed E-state index contributed by atoms with van der Waals surface area (Å²) >= 11 is 3.41. The maximum atomic E-state index is 12.8. The third-order valence-corrected chi connectivity index (χ3v) is 4.79. The van der Waals surface area contributed by atoms with Crippen LogP contribution in [0.15, 0.2) is 28.7 Å². The van der Waals surface area contributed by atoms with Gasteiger partial charge in [-0.05, 0) is 26.8 Å². The van der Waals surface area contributed by atoms with Gasteiger partial charge >= 0.3 is 6.03 Å². The van der Waals surface area contributed by atoms with Crippen molar-refractivity contribution < 1.29 is 14.4 Å². The molecule has 1 unspecified atom stereocenters. The Morgan fingerprint density at radius 2 is 1.87 bits per heavy atom. The minimum absolute atomic E-state index is 0.241. The zero-order valence-corrected chi connectivity index (χ0v) is 15.0. The zero-order valence-electron chi connectivity index (χ0n) is 13.4. The molecular weight excluding hydrogens is 362 g/mol. The molecule has 0 spiro atoms. The van der Waals surface area contributed by atoms with E-state index in [1.165, 1.54) is 0 Å². The number of nitrogens with one attached hydrogen (secondary N) is 1. The van der Waals surface area contributed by atoms with E-state index in [9.17, 15) is 14.4 Å². The molecule has 7 heteroatoms. The fraction of sp³-hybridized carbons (Fsp3) is 0.438. The summed E-state index contributed by atoms with van der Waals surface area (Å²) in [7, 11) is 0. The van der Waals surface area contributed by atoms with Gasteiger partial charge in [-0.25, -0.2) is 4.79 Å². The van der Waals surface area contributed by atoms with Gasteiger partial charge < -0.3 is 10.2 Å². The van der Waals surface area contributed by atoms with Crippen LogP contribution in [0.1, 0.15) is 26.3 Å². The van der Waals surface area contributed by atoms with Crippen molar-refractivity contribution in [3.63, 3.8) is 0 Å². The number of hydrogen-bond acceptors (Lipinski definition) is 3. The average Bonchev–Trinajstić information content (AvgIpc) is 2.73. The monoisotopic (exact) mass is 381 g/mol. The van der Waals surface area contributed by atoms with Crippen LogP contribution in [-0.2, 0) is 15.1 Å². The van der Waals surface area contributed by atoms with Crippen molar-refractivity contribution in [1.82, 2.24) is 15.1 Å². The minimum Gasteiger partial charge on any atom is -0.342 e. The second-order valence-electron chi connectivity index (χ2n) is 5.49. The number of amides is 4. The Labute approximate surface area is 143 Å². The summed E-state index contributed by atoms with van der Waals surface area (Å²) in [5, 5.41) is 2.70. The Morgan fingerprint density at radius 1 is 1.26 bits per heavy atom. The number of urea groups is 1. The van der Waals surface area contributed by atoms with Crippen LogP contribution >= 0.6 is 15.9 Å². The van der Waals surface area contributed by atoms with Crippen LogP contribution in [0.25, 0.3) is 0 Å². The highest BCUT2D eigenvalue weighted by Crippen LogP contribution is 2.33. The van der Waals surface area contributed by atoms with Crippen molar-refractivity contribution in [2.45, 2.75) is 26.3 Å². The first-order valence-corrected chi connectivity index (χ1v) is 8.31. The van der Waals surface area contributed by atoms with E-state index in [1.54, 1.807) is 24.0 Å². The Morgan fingerprint density at radius 3 is 2.43 bits per heavy atom. The first-order valence-electron chi connectivity index (χ1n) is 7.52. The van der Waals surface area contributed by atoms with Gasteiger partial charge in [-0.1, -0.05) is 34.1 Å². The van der Waals surface area contributed by atoms with Gasteiger partial charge in [-0.3, -0.25) is 14.5 Å². The second-order valence-corrected chi connectivity index (χ2v) is 6.35. The number of halogens is 1. The van der Waals surface area contributed by atoms with E-state index < -0.39 is 17.5 Å². The predicted molar refractivity (Wildman–Crippen MR) is 89.7 cm³/mol. The van der Waals surface area contributed by atoms with Crippen LogP contribution in [0.5, 0.6) is 0 Å². The molecule has 1 aliphatic heterocycles. The minimum atomic E-state index is -1.18. The number of rotatable bonds is 5. The predicted octanol–water partition coefficient (Wildman–Crippen LogP) is 2.08. The fourth-order valence-electron chi connectivity index (χ4n) is 2.70. The van der Waals surface area contributed by atoms with E-state index in [-0.39, 0.29) is 12.5 Å². The molecule has 1 atom stereocenters. The van der Waals surface area contributed by atoms with Crippen LogP contribution in [0.2, 0.25) is 0 Å². The lowest BCUT2D eigenvalue weighted by Gasteiger charge is -2.24. The van der Waals surface area contributed by atoms with Crippen LogP contribution in [0.3, 0.4) is 0 Å². The maximum absolute atomic E-state index is 12.8. The molecule has 6 nitrogen and oxygen atoms in total. The van der Waals surface area contributed by atoms with Crippen LogP contribution in [0.4, 0.5) is 4.79 Å². The lowest BCUT2D eigenvalue weighted by Crippen LogP contribution is -2.44. The van der Waals surface area contributed by atoms with Gasteiger partial charge in [-0.2, -0.15) is 0 Å². The van der Waals surface area contributed by atoms with Gasteiger partial charge in [0, 0.05) is 23.1 Å². The largest absolute Gasteiger partial charge is 0.342 e. The molecule has 0 radical (unpaired) electrons. The smallest absolute Gasteiger partial charge is 0.325 e. The number of carbonyl (C=O) groups excluding carboxylic acids is 3. The molecule has 2 rings (SSSR count). The Bertz CT molecular complexity index is 645. The molecule has 1 saturated heterocycles. The van der Waals surface area contributed by atoms with Crippen LogP contribution in [0, 0.1) is 0 Å². The van der Waals surface area contributed by atoms with Crippen molar-refractivity contribution in [3.05, 3.63) is 34.3 Å². The topological polar surface area (TPSA) is 69.7 Å². The van der Waals surface area contributed by atoms with Crippen LogP contribution < -0.4 is 5.32 Å². The normalized spacial score (nSPS) is 20.6. The first kappa shape index (κ1) is 17.5. The highest BCUT2D eigenvalue weighted by Gasteiger charge is 2.50. The quantitative estimate of drug-likeness (QED) is 0.793. The molecule has 0 aliphatic carbocycles. The van der Waals surface area contributed by atoms with Crippen molar-refractivity contribution in [1.29, 1.82) is 0 Å². The van der Waals surface area contributed by atoms with Gasteiger partial charge in [0.25, 0.3) is 5.91 Å². The van der Waals surface area contributed by atoms with Crippen molar-refractivity contribution in [3.8, 4) is 0 Å². The highest BCUT2D eigenvalue weighted by molar-refractivity contribution is 9.10. The molecule has 1 N–H and O–H groups in total. The number of benzene rings is 1. The van der Waals surface area contributed by atoms with Gasteiger partial charge in [-0.15, -0.1) is 0 Å². The second kappa shape index (κ2) is 6.70. The average molecular weight is 382 g/mol. The summed E-state index contributed by atoms with van der Waals surface area (Å²) in [5.74, 6) is -0.662. The highest BCUT2D eigenvalue weighted by atomic mass is 79.9. The standard InChI is InChI=1S/C16H20BrN3O3/c1-4-19(5-2)13(21)10-20-14(22)16(3,18-15(20)23)11-8-6-7-9-12(11)17/h6-9H,4-5,10H2,1-3H3,(H,18,23). The van der Waals surface area contributed by atoms with Gasteiger partial charge in [0.1, 0.15) is 12.1 Å². The summed E-state index contributed by atoms with van der Waals surface area (Å²) in [4.78, 5) is 39.8. The van der Waals surface area contributed by atoms with E-state index in [2.05, 4.69) is 21.2 Å². The molecule has 0 aromatic heterocycles. The van der Waals surface area contributed by atoms with Crippen LogP contribution in [-0.4, -0.2) is 47.3 Å². The molecule has 1 aromatic rings. The summed E-state index contributed by atoms with van der Waals surface area (Å²) in [6, 6.07) is 6.67. The lowest BCUT2D eigenvalue weighted by molar-refractivity contribution is -0.138. The zero-order chi connectivity index (χ0) is 17.2. The summed E-state index contributed by atoms with van der Waals surface area (Å²) < 4.78 is 0.730. The van der Waals surface area contributed by atoms with E-state index in [1.807, 2.05) is 26.0 Å². The molecule has 23 heavy (non-hydrogen) atoms. The summed E-state index contributed by atoms with van der Waals surface area (Å²) in [5.41, 5.74) is -0.517. The Kier molecular flexibility index (Phi) is 5.09. The van der Waals surface area contributed by atoms with Gasteiger partial charge in [0.2, 0.25) is 5.91 Å². The Hall–Kier alpha value is -1.89. The third kappa shape index (κ3) is 3.10. The number of likely N-dealkylation sites (N-methyl/N-ethyl adjacent to an activating group) is 1. The van der Waals surface area contributed by atoms with Crippen molar-refractivity contribution in [2.75, 3.05) is 19.6 Å². The fourth-order valence-corrected chi connectivity index (χ4v) is 3.38. The van der Waals surface area contributed by atoms with Gasteiger partial charge in [0.15, 0.2) is 0 Å². The maximum Gasteiger partial charge on any atom is 0.325 e. The molecule has 1 fully saturated rings. The molecule has 1 aromatic carbocycles. The molecule has 1 aliphatic rings. The summed E-state index contributed by atoms with van der Waals surface area (Å²) in [6.45, 7) is 6.21. The van der Waals surface area contributed by atoms with Crippen molar-refractivity contribution >= 4 is 33.8 Å². The molecule has 124 valence electrons. The lowest BCUT2D eigenvalue weighted by atomic mass is 9.92. The first-order chi connectivity index (χ1) is 10.8. The van der Waals surface area contributed by atoms with E-state index >= 15 is 0 Å².